The van der Waals surface area contributed by atoms with Gasteiger partial charge in [-0.05, 0) is 11.5 Å². The Labute approximate surface area is 101 Å². The van der Waals surface area contributed by atoms with Crippen LogP contribution in [-0.2, 0) is 0 Å². The molecule has 0 radical (unpaired) electrons. The number of aromatic nitrogens is 1. The van der Waals surface area contributed by atoms with Gasteiger partial charge in [0.05, 0.1) is 5.52 Å². The summed E-state index contributed by atoms with van der Waals surface area (Å²) < 4.78 is 0. The minimum absolute atomic E-state index is 0. The predicted octanol–water partition coefficient (Wildman–Crippen LogP) is -2.34. The Bertz CT molecular complexity index is 387. The number of para-hydroxylation sites is 1. The second-order valence-corrected chi connectivity index (χ2v) is 2.33. The quantitative estimate of drug-likeness (QED) is 0.404. The minimum atomic E-state index is -0.0110. The minimum Gasteiger partial charge on any atom is -0.871 e. The van der Waals surface area contributed by atoms with Crippen molar-refractivity contribution in [3.8, 4) is 5.75 Å². The molecule has 0 saturated carbocycles. The van der Waals surface area contributed by atoms with Crippen molar-refractivity contribution in [2.24, 2.45) is 0 Å². The average Bonchev–Trinajstić information content (AvgIpc) is 2.06. The fourth-order valence-electron chi connectivity index (χ4n) is 1.08. The molecule has 0 spiro atoms. The summed E-state index contributed by atoms with van der Waals surface area (Å²) in [4.78, 5) is 3.97. The third kappa shape index (κ3) is 2.53. The van der Waals surface area contributed by atoms with Crippen LogP contribution in [0.3, 0.4) is 0 Å². The molecule has 1 aromatic carbocycles. The first-order valence-corrected chi connectivity index (χ1v) is 3.39. The number of fused-ring (bicyclic) bond motifs is 1. The van der Waals surface area contributed by atoms with Gasteiger partial charge in [0.25, 0.3) is 0 Å². The van der Waals surface area contributed by atoms with E-state index in [-0.39, 0.29) is 43.5 Å². The molecule has 1 aromatic heterocycles. The van der Waals surface area contributed by atoms with Crippen LogP contribution in [0.4, 0.5) is 0 Å². The van der Waals surface area contributed by atoms with E-state index in [2.05, 4.69) is 4.98 Å². The number of rotatable bonds is 0. The molecular weight excluding hydrogens is 152 g/mol. The topological polar surface area (TPSA) is 36.0 Å². The Morgan fingerprint density at radius 3 is 2.46 bits per heavy atom. The Morgan fingerprint density at radius 1 is 1.08 bits per heavy atom. The zero-order valence-corrected chi connectivity index (χ0v) is 6.82. The molecule has 0 amide bonds. The van der Waals surface area contributed by atoms with E-state index in [1.54, 1.807) is 12.3 Å². The van der Waals surface area contributed by atoms with Gasteiger partial charge >= 0.3 is 37.7 Å². The van der Waals surface area contributed by atoms with E-state index in [4.69, 9.17) is 0 Å². The molecule has 1 heterocycles. The van der Waals surface area contributed by atoms with Crippen LogP contribution in [0.15, 0.2) is 36.5 Å². The van der Waals surface area contributed by atoms with E-state index in [0.29, 0.717) is 5.52 Å². The average molecular weight is 159 g/mol. The van der Waals surface area contributed by atoms with Crippen LogP contribution in [0, 0.1) is 0 Å². The van der Waals surface area contributed by atoms with Crippen molar-refractivity contribution in [2.45, 2.75) is 0 Å². The Morgan fingerprint density at radius 2 is 1.77 bits per heavy atom. The van der Waals surface area contributed by atoms with E-state index in [0.717, 1.165) is 5.39 Å². The van der Waals surface area contributed by atoms with Gasteiger partial charge < -0.3 is 5.11 Å². The maximum atomic E-state index is 11.1. The smallest absolute Gasteiger partial charge is 0.0623 e. The number of hydrogen-bond acceptors (Lipinski definition) is 2. The zero-order valence-electron chi connectivity index (χ0n) is 6.82. The Hall–Kier alpha value is -0.375. The Balaban J connectivity index is 0.000000720. The fourth-order valence-corrected chi connectivity index (χ4v) is 1.08. The van der Waals surface area contributed by atoms with Crippen molar-refractivity contribution in [3.05, 3.63) is 36.5 Å². The van der Waals surface area contributed by atoms with E-state index >= 15 is 0 Å². The number of pyridine rings is 1. The number of nitrogens with zero attached hydrogens (tertiary/aromatic N) is 1. The Kier molecular flexibility index (Phi) is 5.22. The van der Waals surface area contributed by atoms with Gasteiger partial charge in [0.15, 0.2) is 0 Å². The molecule has 0 aliphatic heterocycles. The van der Waals surface area contributed by atoms with Crippen molar-refractivity contribution < 1.29 is 24.0 Å². The fraction of sp³-hybridized carbons (Fsp3) is 0. The summed E-state index contributed by atoms with van der Waals surface area (Å²) in [6.45, 7) is 0. The van der Waals surface area contributed by atoms with Crippen molar-refractivity contribution in [3.63, 3.8) is 0 Å². The van der Waals surface area contributed by atoms with Crippen LogP contribution in [0.1, 0.15) is 0 Å². The van der Waals surface area contributed by atoms with Gasteiger partial charge in [0.2, 0.25) is 0 Å². The van der Waals surface area contributed by atoms with Gasteiger partial charge in [-0.3, -0.25) is 4.98 Å². The normalized spacial score (nSPS) is 8.62. The molecule has 2 rings (SSSR count). The monoisotopic (exact) mass is 159 g/mol. The third-order valence-electron chi connectivity index (χ3n) is 1.60. The summed E-state index contributed by atoms with van der Waals surface area (Å²) in [5.74, 6) is -0.0110. The number of benzene rings is 1. The van der Waals surface area contributed by atoms with Crippen LogP contribution in [0.2, 0.25) is 0 Å². The standard InChI is InChI=1S/C9H7NO.2Li.H/c11-8-5-1-3-7-4-2-6-10-9(7)8;;;/h1-6,11H;;;/q;;+1;/p-1. The molecule has 0 bridgehead atoms. The van der Waals surface area contributed by atoms with Crippen LogP contribution in [-0.4, -0.2) is 23.8 Å². The maximum Gasteiger partial charge on any atom is 0.0623 e. The third-order valence-corrected chi connectivity index (χ3v) is 1.60. The predicted molar refractivity (Wildman–Crippen MR) is 48.3 cm³/mol. The first-order valence-electron chi connectivity index (χ1n) is 3.39. The molecule has 0 N–H and O–H groups in total. The van der Waals surface area contributed by atoms with Crippen molar-refractivity contribution in [1.82, 2.24) is 4.98 Å². The van der Waals surface area contributed by atoms with Crippen LogP contribution in [0.5, 0.6) is 5.75 Å². The van der Waals surface area contributed by atoms with Crippen LogP contribution in [0.25, 0.3) is 10.9 Å². The largest absolute Gasteiger partial charge is 0.871 e. The summed E-state index contributed by atoms with van der Waals surface area (Å²) >= 11 is 0. The van der Waals surface area contributed by atoms with Crippen molar-refractivity contribution in [2.75, 3.05) is 0 Å². The summed E-state index contributed by atoms with van der Waals surface area (Å²) in [6.07, 6.45) is 1.63. The van der Waals surface area contributed by atoms with Crippen molar-refractivity contribution >= 4 is 29.8 Å². The molecule has 0 unspecified atom stereocenters. The van der Waals surface area contributed by atoms with Crippen molar-refractivity contribution in [1.29, 1.82) is 0 Å². The number of hydrogen-bond donors (Lipinski definition) is 0. The summed E-state index contributed by atoms with van der Waals surface area (Å²) in [5, 5.41) is 12.0. The van der Waals surface area contributed by atoms with Gasteiger partial charge in [0, 0.05) is 6.20 Å². The van der Waals surface area contributed by atoms with E-state index in [1.165, 1.54) is 6.07 Å². The molecule has 56 valence electrons. The maximum absolute atomic E-state index is 11.1. The summed E-state index contributed by atoms with van der Waals surface area (Å²) in [7, 11) is 0. The van der Waals surface area contributed by atoms with E-state index in [9.17, 15) is 5.11 Å². The van der Waals surface area contributed by atoms with Gasteiger partial charge in [-0.2, -0.15) is 0 Å². The first kappa shape index (κ1) is 12.6. The van der Waals surface area contributed by atoms with Gasteiger partial charge in [-0.25, -0.2) is 0 Å². The second kappa shape index (κ2) is 5.38. The molecule has 0 saturated heterocycles. The molecule has 0 fully saturated rings. The molecule has 0 aliphatic carbocycles. The molecule has 0 aliphatic rings. The summed E-state index contributed by atoms with van der Waals surface area (Å²) in [6, 6.07) is 8.84. The van der Waals surface area contributed by atoms with Gasteiger partial charge in [0.1, 0.15) is 0 Å². The summed E-state index contributed by atoms with van der Waals surface area (Å²) in [5.41, 5.74) is 0.551. The van der Waals surface area contributed by atoms with Gasteiger partial charge in [-0.15, -0.1) is 0 Å². The molecule has 0 atom stereocenters. The van der Waals surface area contributed by atoms with Crippen LogP contribution >= 0.6 is 0 Å². The second-order valence-electron chi connectivity index (χ2n) is 2.33. The molecule has 13 heavy (non-hydrogen) atoms. The zero-order chi connectivity index (χ0) is 7.68. The molecule has 2 nitrogen and oxygen atoms in total. The van der Waals surface area contributed by atoms with E-state index < -0.39 is 0 Å². The van der Waals surface area contributed by atoms with Crippen LogP contribution < -0.4 is 24.0 Å². The first-order chi connectivity index (χ1) is 5.38. The molecular formula is C9H7Li2NO. The van der Waals surface area contributed by atoms with Gasteiger partial charge in [-0.1, -0.05) is 30.0 Å². The molecule has 4 heteroatoms. The SMILES string of the molecule is [Li+].[LiH].[O-]c1cccc2cccnc12. The molecule has 2 aromatic rings. The van der Waals surface area contributed by atoms with E-state index in [1.807, 2.05) is 18.2 Å².